The molecular weight excluding hydrogens is 374 g/mol. The van der Waals surface area contributed by atoms with Gasteiger partial charge in [0.05, 0.1) is 11.2 Å². The third kappa shape index (κ3) is 2.35. The Kier molecular flexibility index (Phi) is 3.35. The molecule has 0 spiro atoms. The van der Waals surface area contributed by atoms with Gasteiger partial charge in [-0.05, 0) is 41.5 Å². The van der Waals surface area contributed by atoms with Crippen LogP contribution >= 0.6 is 15.9 Å². The van der Waals surface area contributed by atoms with Crippen LogP contribution < -0.4 is 4.74 Å². The molecule has 1 aliphatic rings. The predicted molar refractivity (Wildman–Crippen MR) is 105 cm³/mol. The van der Waals surface area contributed by atoms with Gasteiger partial charge in [0.25, 0.3) is 0 Å². The zero-order valence-electron chi connectivity index (χ0n) is 13.4. The van der Waals surface area contributed by atoms with Crippen LogP contribution in [-0.4, -0.2) is 4.98 Å². The first-order chi connectivity index (χ1) is 12.3. The van der Waals surface area contributed by atoms with Crippen LogP contribution in [0, 0.1) is 0 Å². The van der Waals surface area contributed by atoms with Crippen LogP contribution in [0.15, 0.2) is 77.3 Å². The van der Waals surface area contributed by atoms with Crippen LogP contribution in [0.4, 0.5) is 0 Å². The fourth-order valence-electron chi connectivity index (χ4n) is 3.51. The molecule has 5 rings (SSSR count). The molecule has 0 saturated carbocycles. The summed E-state index contributed by atoms with van der Waals surface area (Å²) in [6.07, 6.45) is 0. The number of aromatic nitrogens is 1. The second-order valence-corrected chi connectivity index (χ2v) is 7.04. The van der Waals surface area contributed by atoms with E-state index in [1.807, 2.05) is 30.3 Å². The summed E-state index contributed by atoms with van der Waals surface area (Å²) in [6.45, 7) is 0.534. The van der Waals surface area contributed by atoms with Crippen LogP contribution in [0.3, 0.4) is 0 Å². The number of benzene rings is 3. The zero-order chi connectivity index (χ0) is 16.8. The Hall–Kier alpha value is -2.65. The van der Waals surface area contributed by atoms with Crippen molar-refractivity contribution in [1.29, 1.82) is 0 Å². The molecular formula is C22H14BrNO. The van der Waals surface area contributed by atoms with E-state index in [0.717, 1.165) is 37.9 Å². The van der Waals surface area contributed by atoms with Crippen molar-refractivity contribution in [2.75, 3.05) is 0 Å². The molecule has 0 N–H and O–H groups in total. The molecule has 1 aromatic heterocycles. The smallest absolute Gasteiger partial charge is 0.129 e. The first-order valence-electron chi connectivity index (χ1n) is 8.21. The lowest BCUT2D eigenvalue weighted by Gasteiger charge is -2.24. The normalized spacial score (nSPS) is 12.4. The van der Waals surface area contributed by atoms with Gasteiger partial charge in [0.2, 0.25) is 0 Å². The van der Waals surface area contributed by atoms with E-state index < -0.39 is 0 Å². The Morgan fingerprint density at radius 3 is 2.56 bits per heavy atom. The molecule has 2 nitrogen and oxygen atoms in total. The van der Waals surface area contributed by atoms with Crippen molar-refractivity contribution >= 4 is 26.8 Å². The van der Waals surface area contributed by atoms with Crippen molar-refractivity contribution < 1.29 is 4.74 Å². The minimum Gasteiger partial charge on any atom is -0.488 e. The molecule has 0 bridgehead atoms. The summed E-state index contributed by atoms with van der Waals surface area (Å²) in [5.74, 6) is 0.901. The fourth-order valence-corrected chi connectivity index (χ4v) is 3.87. The van der Waals surface area contributed by atoms with Gasteiger partial charge in [-0.3, -0.25) is 0 Å². The summed E-state index contributed by atoms with van der Waals surface area (Å²) in [7, 11) is 0. The van der Waals surface area contributed by atoms with Crippen molar-refractivity contribution in [3.8, 4) is 28.1 Å². The van der Waals surface area contributed by atoms with E-state index in [4.69, 9.17) is 9.72 Å². The van der Waals surface area contributed by atoms with E-state index in [1.54, 1.807) is 0 Å². The molecule has 120 valence electrons. The van der Waals surface area contributed by atoms with Crippen molar-refractivity contribution in [2.24, 2.45) is 0 Å². The highest BCUT2D eigenvalue weighted by Crippen LogP contribution is 2.43. The first-order valence-corrected chi connectivity index (χ1v) is 9.00. The van der Waals surface area contributed by atoms with Crippen LogP contribution in [0.1, 0.15) is 5.56 Å². The Labute approximate surface area is 154 Å². The molecule has 1 aliphatic heterocycles. The second-order valence-electron chi connectivity index (χ2n) is 6.13. The maximum absolute atomic E-state index is 6.04. The largest absolute Gasteiger partial charge is 0.488 e. The van der Waals surface area contributed by atoms with E-state index in [2.05, 4.69) is 58.4 Å². The highest BCUT2D eigenvalue weighted by Gasteiger charge is 2.24. The van der Waals surface area contributed by atoms with Gasteiger partial charge >= 0.3 is 0 Å². The summed E-state index contributed by atoms with van der Waals surface area (Å²) in [4.78, 5) is 4.98. The lowest BCUT2D eigenvalue weighted by molar-refractivity contribution is 0.302. The number of fused-ring (bicyclic) bond motifs is 4. The number of nitrogens with zero attached hydrogens (tertiary/aromatic N) is 1. The molecule has 3 heteroatoms. The number of hydrogen-bond acceptors (Lipinski definition) is 2. The number of halogens is 1. The molecule has 25 heavy (non-hydrogen) atoms. The Bertz CT molecular complexity index is 1110. The molecule has 0 saturated heterocycles. The Morgan fingerprint density at radius 2 is 1.68 bits per heavy atom. The monoisotopic (exact) mass is 387 g/mol. The van der Waals surface area contributed by atoms with Gasteiger partial charge in [-0.25, -0.2) is 4.98 Å². The van der Waals surface area contributed by atoms with Crippen molar-refractivity contribution in [2.45, 2.75) is 6.61 Å². The summed E-state index contributed by atoms with van der Waals surface area (Å²) in [5.41, 5.74) is 6.62. The SMILES string of the molecule is Brc1ccc2nc3c(c(-c4ccccc4)c2c1)COc1ccccc1-3. The van der Waals surface area contributed by atoms with Crippen LogP contribution in [0.2, 0.25) is 0 Å². The third-order valence-electron chi connectivity index (χ3n) is 4.62. The summed E-state index contributed by atoms with van der Waals surface area (Å²) >= 11 is 3.60. The molecule has 0 radical (unpaired) electrons. The molecule has 0 unspecified atom stereocenters. The van der Waals surface area contributed by atoms with Crippen molar-refractivity contribution in [1.82, 2.24) is 4.98 Å². The average Bonchev–Trinajstić information content (AvgIpc) is 2.67. The molecule has 0 aliphatic carbocycles. The molecule has 0 atom stereocenters. The molecule has 2 heterocycles. The summed E-state index contributed by atoms with van der Waals surface area (Å²) in [6, 6.07) is 24.9. The Morgan fingerprint density at radius 1 is 0.880 bits per heavy atom. The summed E-state index contributed by atoms with van der Waals surface area (Å²) in [5, 5.41) is 1.14. The lowest BCUT2D eigenvalue weighted by atomic mass is 9.91. The Balaban J connectivity index is 1.93. The predicted octanol–water partition coefficient (Wildman–Crippen LogP) is 6.22. The summed E-state index contributed by atoms with van der Waals surface area (Å²) < 4.78 is 7.09. The van der Waals surface area contributed by atoms with E-state index in [-0.39, 0.29) is 0 Å². The minimum absolute atomic E-state index is 0.534. The fraction of sp³-hybridized carbons (Fsp3) is 0.0455. The minimum atomic E-state index is 0.534. The standard InChI is InChI=1S/C22H14BrNO/c23-15-10-11-19-17(12-15)21(14-6-2-1-3-7-14)18-13-25-20-9-5-4-8-16(20)22(18)24-19/h1-12H,13H2. The maximum atomic E-state index is 6.04. The number of pyridine rings is 1. The van der Waals surface area contributed by atoms with E-state index in [0.29, 0.717) is 6.61 Å². The highest BCUT2D eigenvalue weighted by molar-refractivity contribution is 9.10. The average molecular weight is 388 g/mol. The van der Waals surface area contributed by atoms with Gasteiger partial charge in [-0.2, -0.15) is 0 Å². The van der Waals surface area contributed by atoms with E-state index in [1.165, 1.54) is 11.1 Å². The van der Waals surface area contributed by atoms with Crippen LogP contribution in [0.5, 0.6) is 5.75 Å². The van der Waals surface area contributed by atoms with Crippen LogP contribution in [0.25, 0.3) is 33.3 Å². The number of para-hydroxylation sites is 1. The maximum Gasteiger partial charge on any atom is 0.129 e. The van der Waals surface area contributed by atoms with Gasteiger partial charge in [0, 0.05) is 21.0 Å². The zero-order valence-corrected chi connectivity index (χ0v) is 15.0. The molecule has 3 aromatic carbocycles. The van der Waals surface area contributed by atoms with Gasteiger partial charge in [-0.1, -0.05) is 58.4 Å². The molecule has 4 aromatic rings. The first kappa shape index (κ1) is 14.7. The topological polar surface area (TPSA) is 22.1 Å². The van der Waals surface area contributed by atoms with E-state index in [9.17, 15) is 0 Å². The highest BCUT2D eigenvalue weighted by atomic mass is 79.9. The van der Waals surface area contributed by atoms with Gasteiger partial charge in [0.15, 0.2) is 0 Å². The third-order valence-corrected chi connectivity index (χ3v) is 5.12. The quantitative estimate of drug-likeness (QED) is 0.386. The van der Waals surface area contributed by atoms with E-state index >= 15 is 0 Å². The van der Waals surface area contributed by atoms with Gasteiger partial charge in [-0.15, -0.1) is 0 Å². The van der Waals surface area contributed by atoms with Crippen molar-refractivity contribution in [3.63, 3.8) is 0 Å². The molecule has 0 amide bonds. The van der Waals surface area contributed by atoms with Crippen molar-refractivity contribution in [3.05, 3.63) is 82.8 Å². The number of rotatable bonds is 1. The lowest BCUT2D eigenvalue weighted by Crippen LogP contribution is -2.09. The number of hydrogen-bond donors (Lipinski definition) is 0. The van der Waals surface area contributed by atoms with Gasteiger partial charge < -0.3 is 4.74 Å². The van der Waals surface area contributed by atoms with Crippen LogP contribution in [-0.2, 0) is 6.61 Å². The van der Waals surface area contributed by atoms with Gasteiger partial charge in [0.1, 0.15) is 12.4 Å². The molecule has 0 fully saturated rings. The second kappa shape index (κ2) is 5.71. The number of ether oxygens (including phenoxy) is 1.